The molecule has 0 amide bonds. The average Bonchev–Trinajstić information content (AvgIpc) is 2.83. The smallest absolute Gasteiger partial charge is 0.337 e. The summed E-state index contributed by atoms with van der Waals surface area (Å²) < 4.78 is 16.6. The molecule has 1 N–H and O–H groups in total. The van der Waals surface area contributed by atoms with Crippen LogP contribution in [-0.2, 0) is 23.9 Å². The van der Waals surface area contributed by atoms with Crippen LogP contribution >= 0.6 is 0 Å². The van der Waals surface area contributed by atoms with E-state index in [2.05, 4.69) is 5.32 Å². The first kappa shape index (κ1) is 25.2. The molecular formula is C29H31NO6. The summed E-state index contributed by atoms with van der Waals surface area (Å²) in [4.78, 5) is 39.7. The van der Waals surface area contributed by atoms with E-state index in [1.54, 1.807) is 20.8 Å². The fraction of sp³-hybridized carbons (Fsp3) is 0.345. The lowest BCUT2D eigenvalue weighted by atomic mass is 9.69. The quantitative estimate of drug-likeness (QED) is 0.449. The van der Waals surface area contributed by atoms with E-state index in [-0.39, 0.29) is 17.8 Å². The molecule has 3 atom stereocenters. The Kier molecular flexibility index (Phi) is 7.29. The number of hydrogen-bond donors (Lipinski definition) is 1. The molecule has 188 valence electrons. The van der Waals surface area contributed by atoms with Gasteiger partial charge < -0.3 is 19.5 Å². The number of benzene rings is 2. The van der Waals surface area contributed by atoms with E-state index in [9.17, 15) is 14.4 Å². The summed E-state index contributed by atoms with van der Waals surface area (Å²) in [6.07, 6.45) is 0.132. The number of Topliss-reactive ketones (excluding diaryl/α,β-unsaturated/α-hetero) is 1. The van der Waals surface area contributed by atoms with Gasteiger partial charge >= 0.3 is 11.9 Å². The molecule has 1 aliphatic carbocycles. The zero-order valence-corrected chi connectivity index (χ0v) is 21.2. The van der Waals surface area contributed by atoms with Gasteiger partial charge in [0.25, 0.3) is 0 Å². The number of carbonyl (C=O) groups is 3. The van der Waals surface area contributed by atoms with Gasteiger partial charge in [0.1, 0.15) is 17.4 Å². The molecule has 0 fully saturated rings. The standard InChI is InChI=1S/C29H31NO6/c1-16(2)35-29(33)24-18(4)30-22-14-17(3)23(28(32)34-5)27(31)26(22)25(24)19-10-9-13-21(15-19)36-20-11-7-6-8-12-20/h6-13,15-17,23,25,30H,14H2,1-5H3/t17-,23+,25-/m0/s1. The molecule has 0 saturated heterocycles. The molecule has 0 spiro atoms. The number of methoxy groups -OCH3 is 1. The first-order valence-electron chi connectivity index (χ1n) is 12.1. The summed E-state index contributed by atoms with van der Waals surface area (Å²) in [5.74, 6) is -2.11. The Balaban J connectivity index is 1.83. The molecule has 2 aromatic carbocycles. The van der Waals surface area contributed by atoms with E-state index < -0.39 is 23.8 Å². The van der Waals surface area contributed by atoms with E-state index >= 15 is 0 Å². The molecule has 7 nitrogen and oxygen atoms in total. The highest BCUT2D eigenvalue weighted by Gasteiger charge is 2.47. The highest BCUT2D eigenvalue weighted by Crippen LogP contribution is 2.46. The fourth-order valence-electron chi connectivity index (χ4n) is 4.94. The van der Waals surface area contributed by atoms with Gasteiger partial charge in [-0.05, 0) is 62.9 Å². The molecule has 36 heavy (non-hydrogen) atoms. The van der Waals surface area contributed by atoms with Crippen molar-refractivity contribution in [2.45, 2.75) is 46.1 Å². The second-order valence-electron chi connectivity index (χ2n) is 9.48. The minimum Gasteiger partial charge on any atom is -0.468 e. The number of ketones is 1. The minimum atomic E-state index is -0.942. The predicted molar refractivity (Wildman–Crippen MR) is 134 cm³/mol. The van der Waals surface area contributed by atoms with Crippen molar-refractivity contribution in [1.82, 2.24) is 5.32 Å². The lowest BCUT2D eigenvalue weighted by Crippen LogP contribution is -2.43. The molecule has 0 unspecified atom stereocenters. The van der Waals surface area contributed by atoms with E-state index in [1.165, 1.54) is 7.11 Å². The Hall–Kier alpha value is -3.87. The largest absolute Gasteiger partial charge is 0.468 e. The maximum Gasteiger partial charge on any atom is 0.337 e. The van der Waals surface area contributed by atoms with Crippen LogP contribution in [0.5, 0.6) is 11.5 Å². The molecule has 0 saturated carbocycles. The molecule has 0 bridgehead atoms. The summed E-state index contributed by atoms with van der Waals surface area (Å²) >= 11 is 0. The molecule has 0 aromatic heterocycles. The highest BCUT2D eigenvalue weighted by atomic mass is 16.5. The van der Waals surface area contributed by atoms with Gasteiger partial charge in [0.2, 0.25) is 0 Å². The molecule has 2 aromatic rings. The zero-order valence-electron chi connectivity index (χ0n) is 21.2. The third-order valence-corrected chi connectivity index (χ3v) is 6.48. The summed E-state index contributed by atoms with van der Waals surface area (Å²) in [5, 5.41) is 3.27. The van der Waals surface area contributed by atoms with Gasteiger partial charge in [-0.25, -0.2) is 4.79 Å². The van der Waals surface area contributed by atoms with Gasteiger partial charge in [-0.15, -0.1) is 0 Å². The Morgan fingerprint density at radius 1 is 1.03 bits per heavy atom. The van der Waals surface area contributed by atoms with E-state index in [1.807, 2.05) is 61.5 Å². The van der Waals surface area contributed by atoms with Crippen LogP contribution < -0.4 is 10.1 Å². The van der Waals surface area contributed by atoms with Crippen LogP contribution in [-0.4, -0.2) is 30.9 Å². The number of carbonyl (C=O) groups excluding carboxylic acids is 3. The second-order valence-corrected chi connectivity index (χ2v) is 9.48. The summed E-state index contributed by atoms with van der Waals surface area (Å²) in [6.45, 7) is 7.22. The summed E-state index contributed by atoms with van der Waals surface area (Å²) in [6, 6.07) is 16.7. The minimum absolute atomic E-state index is 0.249. The lowest BCUT2D eigenvalue weighted by molar-refractivity contribution is -0.151. The van der Waals surface area contributed by atoms with Crippen LogP contribution in [0, 0.1) is 11.8 Å². The number of allylic oxidation sites excluding steroid dienone is 3. The normalized spacial score (nSPS) is 21.6. The molecule has 7 heteroatoms. The third kappa shape index (κ3) is 4.91. The summed E-state index contributed by atoms with van der Waals surface area (Å²) in [5.41, 5.74) is 2.76. The number of para-hydroxylation sites is 1. The first-order valence-corrected chi connectivity index (χ1v) is 12.1. The van der Waals surface area contributed by atoms with Crippen molar-refractivity contribution in [3.8, 4) is 11.5 Å². The number of hydrogen-bond acceptors (Lipinski definition) is 7. The van der Waals surface area contributed by atoms with Crippen LogP contribution in [0.1, 0.15) is 45.6 Å². The van der Waals surface area contributed by atoms with E-state index in [0.29, 0.717) is 46.0 Å². The maximum absolute atomic E-state index is 13.8. The monoisotopic (exact) mass is 489 g/mol. The maximum atomic E-state index is 13.8. The van der Waals surface area contributed by atoms with Gasteiger partial charge in [0.05, 0.1) is 18.8 Å². The second kappa shape index (κ2) is 10.4. The summed E-state index contributed by atoms with van der Waals surface area (Å²) in [7, 11) is 1.28. The lowest BCUT2D eigenvalue weighted by Gasteiger charge is -2.38. The molecule has 4 rings (SSSR count). The number of dihydropyridines is 1. The van der Waals surface area contributed by atoms with Crippen molar-refractivity contribution in [2.75, 3.05) is 7.11 Å². The van der Waals surface area contributed by atoms with Crippen LogP contribution in [0.4, 0.5) is 0 Å². The van der Waals surface area contributed by atoms with Crippen LogP contribution in [0.15, 0.2) is 77.1 Å². The van der Waals surface area contributed by atoms with Crippen molar-refractivity contribution < 1.29 is 28.6 Å². The van der Waals surface area contributed by atoms with E-state index in [0.717, 1.165) is 0 Å². The van der Waals surface area contributed by atoms with Gasteiger partial charge in [-0.1, -0.05) is 37.3 Å². The molecule has 1 aliphatic heterocycles. The van der Waals surface area contributed by atoms with Crippen LogP contribution in [0.25, 0.3) is 0 Å². The van der Waals surface area contributed by atoms with Gasteiger partial charge in [-0.3, -0.25) is 9.59 Å². The number of ether oxygens (including phenoxy) is 3. The molecular weight excluding hydrogens is 458 g/mol. The Labute approximate surface area is 211 Å². The topological polar surface area (TPSA) is 90.9 Å². The highest BCUT2D eigenvalue weighted by molar-refractivity contribution is 6.12. The van der Waals surface area contributed by atoms with Crippen molar-refractivity contribution in [3.05, 3.63) is 82.7 Å². The number of nitrogens with one attached hydrogen (secondary N) is 1. The predicted octanol–water partition coefficient (Wildman–Crippen LogP) is 5.04. The van der Waals surface area contributed by atoms with Crippen molar-refractivity contribution in [1.29, 1.82) is 0 Å². The van der Waals surface area contributed by atoms with Crippen LogP contribution in [0.3, 0.4) is 0 Å². The first-order chi connectivity index (χ1) is 17.2. The molecule has 2 aliphatic rings. The van der Waals surface area contributed by atoms with E-state index in [4.69, 9.17) is 14.2 Å². The van der Waals surface area contributed by atoms with Gasteiger partial charge in [0, 0.05) is 22.9 Å². The zero-order chi connectivity index (χ0) is 26.0. The van der Waals surface area contributed by atoms with Gasteiger partial charge in [0.15, 0.2) is 5.78 Å². The van der Waals surface area contributed by atoms with Crippen molar-refractivity contribution in [3.63, 3.8) is 0 Å². The van der Waals surface area contributed by atoms with Gasteiger partial charge in [-0.2, -0.15) is 0 Å². The SMILES string of the molecule is COC(=O)[C@H]1C(=O)C2=C(C[C@@H]1C)NC(C)=C(C(=O)OC(C)C)[C@@H]2c1cccc(Oc2ccccc2)c1. The van der Waals surface area contributed by atoms with Crippen molar-refractivity contribution >= 4 is 17.7 Å². The Bertz CT molecular complexity index is 1240. The fourth-order valence-corrected chi connectivity index (χ4v) is 4.94. The average molecular weight is 490 g/mol. The van der Waals surface area contributed by atoms with Crippen LogP contribution in [0.2, 0.25) is 0 Å². The third-order valence-electron chi connectivity index (χ3n) is 6.48. The number of rotatable bonds is 6. The Morgan fingerprint density at radius 2 is 1.72 bits per heavy atom. The molecule has 0 radical (unpaired) electrons. The molecule has 1 heterocycles. The van der Waals surface area contributed by atoms with Crippen molar-refractivity contribution in [2.24, 2.45) is 11.8 Å². The Morgan fingerprint density at radius 3 is 2.39 bits per heavy atom. The number of esters is 2.